The maximum Gasteiger partial charge on any atom is 0.273 e. The summed E-state index contributed by atoms with van der Waals surface area (Å²) in [5, 5.41) is 10.4. The second kappa shape index (κ2) is 4.25. The van der Waals surface area contributed by atoms with Crippen LogP contribution < -0.4 is 0 Å². The highest BCUT2D eigenvalue weighted by molar-refractivity contribution is 5.21. The molecule has 5 aliphatic rings. The van der Waals surface area contributed by atoms with Crippen LogP contribution in [-0.4, -0.2) is 54.3 Å². The molecule has 4 aliphatic heterocycles. The fourth-order valence-corrected chi connectivity index (χ4v) is 3.64. The quantitative estimate of drug-likeness (QED) is 0.802. The molecule has 6 rings (SSSR count). The van der Waals surface area contributed by atoms with Crippen LogP contribution in [0.1, 0.15) is 5.56 Å². The fraction of sp³-hybridized carbons (Fsp3) is 0.600. The summed E-state index contributed by atoms with van der Waals surface area (Å²) in [6.07, 6.45) is -2.14. The SMILES string of the molecule is O[C@@H]1[C@H]2O[C@H]3O[C@H]1[C@]1(CO1)[C@@H](O3)[C@@H]2OCc1ccccc1. The summed E-state index contributed by atoms with van der Waals surface area (Å²) >= 11 is 0. The number of rotatable bonds is 3. The van der Waals surface area contributed by atoms with Crippen molar-refractivity contribution in [1.82, 2.24) is 0 Å². The first-order valence-electron chi connectivity index (χ1n) is 7.22. The maximum absolute atomic E-state index is 10.4. The first-order valence-corrected chi connectivity index (χ1v) is 7.22. The highest BCUT2D eigenvalue weighted by Gasteiger charge is 2.75. The third-order valence-corrected chi connectivity index (χ3v) is 4.78. The van der Waals surface area contributed by atoms with Gasteiger partial charge in [0.05, 0.1) is 13.2 Å². The van der Waals surface area contributed by atoms with Crippen molar-refractivity contribution in [1.29, 1.82) is 0 Å². The molecule has 1 saturated carbocycles. The molecule has 0 radical (unpaired) electrons. The molecule has 1 N–H and O–H groups in total. The van der Waals surface area contributed by atoms with E-state index >= 15 is 0 Å². The van der Waals surface area contributed by atoms with Crippen molar-refractivity contribution >= 4 is 0 Å². The lowest BCUT2D eigenvalue weighted by atomic mass is 9.76. The highest BCUT2D eigenvalue weighted by Crippen LogP contribution is 2.53. The number of benzene rings is 1. The van der Waals surface area contributed by atoms with Gasteiger partial charge >= 0.3 is 0 Å². The average molecular weight is 292 g/mol. The monoisotopic (exact) mass is 292 g/mol. The van der Waals surface area contributed by atoms with Gasteiger partial charge in [0.25, 0.3) is 6.48 Å². The van der Waals surface area contributed by atoms with Crippen molar-refractivity contribution in [3.05, 3.63) is 35.9 Å². The summed E-state index contributed by atoms with van der Waals surface area (Å²) in [7, 11) is 0. The lowest BCUT2D eigenvalue weighted by molar-refractivity contribution is -0.481. The van der Waals surface area contributed by atoms with Crippen molar-refractivity contribution in [2.24, 2.45) is 0 Å². The Morgan fingerprint density at radius 1 is 1.14 bits per heavy atom. The molecule has 4 bridgehead atoms. The van der Waals surface area contributed by atoms with E-state index in [0.29, 0.717) is 13.2 Å². The molecule has 6 nitrogen and oxygen atoms in total. The summed E-state index contributed by atoms with van der Waals surface area (Å²) in [5.41, 5.74) is 0.514. The van der Waals surface area contributed by atoms with Crippen LogP contribution in [0.3, 0.4) is 0 Å². The number of aliphatic hydroxyl groups excluding tert-OH is 1. The van der Waals surface area contributed by atoms with Crippen LogP contribution in [0, 0.1) is 0 Å². The molecule has 6 heteroatoms. The standard InChI is InChI=1S/C15H16O6/c16-9-10-11(17-6-8-4-2-1-3-5-8)13-15(7-18-15)12(9)20-14(19-10)21-13/h1-5,9-14,16H,6-7H2/t9-,10-,11-,12-,13+,14+,15-/m1/s1. The lowest BCUT2D eigenvalue weighted by Gasteiger charge is -2.57. The first kappa shape index (κ1) is 12.5. The van der Waals surface area contributed by atoms with Crippen LogP contribution in [0.2, 0.25) is 0 Å². The average Bonchev–Trinajstić information content (AvgIpc) is 3.30. The van der Waals surface area contributed by atoms with E-state index in [-0.39, 0.29) is 18.3 Å². The molecular formula is C15H16O6. The van der Waals surface area contributed by atoms with E-state index in [2.05, 4.69) is 0 Å². The zero-order valence-corrected chi connectivity index (χ0v) is 11.3. The lowest BCUT2D eigenvalue weighted by Crippen LogP contribution is -2.77. The van der Waals surface area contributed by atoms with Crippen molar-refractivity contribution in [3.8, 4) is 0 Å². The molecule has 0 aromatic heterocycles. The molecule has 4 saturated heterocycles. The Bertz CT molecular complexity index is 544. The summed E-state index contributed by atoms with van der Waals surface area (Å²) in [6.45, 7) is 0.272. The summed E-state index contributed by atoms with van der Waals surface area (Å²) in [5.74, 6) is 0. The van der Waals surface area contributed by atoms with Gasteiger partial charge in [0.1, 0.15) is 36.1 Å². The largest absolute Gasteiger partial charge is 0.387 e. The smallest absolute Gasteiger partial charge is 0.273 e. The first-order chi connectivity index (χ1) is 10.3. The van der Waals surface area contributed by atoms with E-state index in [1.165, 1.54) is 0 Å². The number of aliphatic hydroxyl groups is 1. The molecular weight excluding hydrogens is 276 g/mol. The third-order valence-electron chi connectivity index (χ3n) is 4.78. The minimum atomic E-state index is -0.746. The van der Waals surface area contributed by atoms with Gasteiger partial charge < -0.3 is 28.8 Å². The predicted molar refractivity (Wildman–Crippen MR) is 68.1 cm³/mol. The molecule has 4 heterocycles. The second-order valence-corrected chi connectivity index (χ2v) is 6.00. The molecule has 7 atom stereocenters. The summed E-state index contributed by atoms with van der Waals surface area (Å²) in [4.78, 5) is 0. The minimum Gasteiger partial charge on any atom is -0.387 e. The van der Waals surface area contributed by atoms with Gasteiger partial charge in [0.2, 0.25) is 0 Å². The zero-order valence-electron chi connectivity index (χ0n) is 11.3. The van der Waals surface area contributed by atoms with Crippen molar-refractivity contribution in [2.75, 3.05) is 6.61 Å². The van der Waals surface area contributed by atoms with Gasteiger partial charge in [-0.15, -0.1) is 0 Å². The molecule has 0 amide bonds. The zero-order chi connectivity index (χ0) is 14.0. The van der Waals surface area contributed by atoms with Gasteiger partial charge in [0, 0.05) is 0 Å². The molecule has 1 aromatic carbocycles. The minimum absolute atomic E-state index is 0.243. The molecule has 21 heavy (non-hydrogen) atoms. The van der Waals surface area contributed by atoms with Gasteiger partial charge in [-0.05, 0) is 5.56 Å². The second-order valence-electron chi connectivity index (χ2n) is 6.00. The van der Waals surface area contributed by atoms with Crippen LogP contribution in [0.5, 0.6) is 0 Å². The normalized spacial score (nSPS) is 49.8. The number of ether oxygens (including phenoxy) is 5. The molecule has 0 unspecified atom stereocenters. The van der Waals surface area contributed by atoms with Gasteiger partial charge in [-0.2, -0.15) is 0 Å². The summed E-state index contributed by atoms with van der Waals surface area (Å²) in [6, 6.07) is 9.90. The van der Waals surface area contributed by atoms with Crippen LogP contribution >= 0.6 is 0 Å². The topological polar surface area (TPSA) is 69.7 Å². The predicted octanol–water partition coefficient (Wildman–Crippen LogP) is 0.182. The van der Waals surface area contributed by atoms with Crippen molar-refractivity contribution in [3.63, 3.8) is 0 Å². The molecule has 112 valence electrons. The Hall–Kier alpha value is -1.02. The van der Waals surface area contributed by atoms with E-state index in [4.69, 9.17) is 23.7 Å². The Kier molecular flexibility index (Phi) is 2.54. The number of hydrogen-bond donors (Lipinski definition) is 1. The highest BCUT2D eigenvalue weighted by atomic mass is 16.9. The Labute approximate surface area is 121 Å². The van der Waals surface area contributed by atoms with E-state index in [0.717, 1.165) is 5.56 Å². The Balaban J connectivity index is 1.39. The van der Waals surface area contributed by atoms with Crippen LogP contribution in [0.25, 0.3) is 0 Å². The molecule has 5 fully saturated rings. The van der Waals surface area contributed by atoms with Crippen molar-refractivity contribution in [2.45, 2.75) is 49.2 Å². The number of hydrogen-bond acceptors (Lipinski definition) is 6. The van der Waals surface area contributed by atoms with Crippen LogP contribution in [-0.2, 0) is 30.3 Å². The Morgan fingerprint density at radius 2 is 1.90 bits per heavy atom. The van der Waals surface area contributed by atoms with Gasteiger partial charge in [-0.25, -0.2) is 0 Å². The van der Waals surface area contributed by atoms with E-state index < -0.39 is 24.3 Å². The van der Waals surface area contributed by atoms with E-state index in [1.807, 2.05) is 30.3 Å². The van der Waals surface area contributed by atoms with Gasteiger partial charge in [-0.3, -0.25) is 0 Å². The fourth-order valence-electron chi connectivity index (χ4n) is 3.64. The van der Waals surface area contributed by atoms with Crippen molar-refractivity contribution < 1.29 is 28.8 Å². The third kappa shape index (κ3) is 1.69. The van der Waals surface area contributed by atoms with Gasteiger partial charge in [-0.1, -0.05) is 30.3 Å². The number of epoxide rings is 1. The molecule has 1 aliphatic carbocycles. The summed E-state index contributed by atoms with van der Waals surface area (Å²) < 4.78 is 28.5. The Morgan fingerprint density at radius 3 is 2.67 bits per heavy atom. The molecule has 1 aromatic rings. The van der Waals surface area contributed by atoms with Gasteiger partial charge in [0.15, 0.2) is 0 Å². The maximum atomic E-state index is 10.4. The van der Waals surface area contributed by atoms with Crippen LogP contribution in [0.15, 0.2) is 30.3 Å². The van der Waals surface area contributed by atoms with E-state index in [9.17, 15) is 5.11 Å². The molecule has 1 spiro atoms. The van der Waals surface area contributed by atoms with E-state index in [1.54, 1.807) is 0 Å². The van der Waals surface area contributed by atoms with Crippen LogP contribution in [0.4, 0.5) is 0 Å².